The first kappa shape index (κ1) is 13.0. The number of aryl methyl sites for hydroxylation is 1. The van der Waals surface area contributed by atoms with Gasteiger partial charge in [-0.2, -0.15) is 4.98 Å². The first-order chi connectivity index (χ1) is 9.97. The van der Waals surface area contributed by atoms with Crippen molar-refractivity contribution < 1.29 is 9.59 Å². The topological polar surface area (TPSA) is 101 Å². The van der Waals surface area contributed by atoms with Gasteiger partial charge in [0.1, 0.15) is 5.82 Å². The second kappa shape index (κ2) is 4.55. The molecule has 7 nitrogen and oxygen atoms in total. The minimum atomic E-state index is -0.308. The van der Waals surface area contributed by atoms with Crippen LogP contribution in [0.4, 0.5) is 17.5 Å². The van der Waals surface area contributed by atoms with Gasteiger partial charge in [-0.1, -0.05) is 0 Å². The van der Waals surface area contributed by atoms with E-state index in [-0.39, 0.29) is 17.8 Å². The summed E-state index contributed by atoms with van der Waals surface area (Å²) in [6.07, 6.45) is 1.61. The molecular weight excluding hydrogens is 270 g/mol. The van der Waals surface area contributed by atoms with Crippen molar-refractivity contribution in [2.24, 2.45) is 0 Å². The van der Waals surface area contributed by atoms with Crippen LogP contribution in [0.2, 0.25) is 0 Å². The molecule has 0 radical (unpaired) electrons. The first-order valence-corrected chi connectivity index (χ1v) is 6.30. The van der Waals surface area contributed by atoms with Crippen LogP contribution < -0.4 is 11.1 Å². The van der Waals surface area contributed by atoms with Crippen LogP contribution in [0.5, 0.6) is 0 Å². The van der Waals surface area contributed by atoms with Gasteiger partial charge in [0.2, 0.25) is 5.95 Å². The van der Waals surface area contributed by atoms with Crippen LogP contribution >= 0.6 is 0 Å². The van der Waals surface area contributed by atoms with Gasteiger partial charge in [0.15, 0.2) is 0 Å². The molecule has 0 fully saturated rings. The lowest BCUT2D eigenvalue weighted by molar-refractivity contribution is 0.0693. The number of nitrogens with one attached hydrogen (secondary N) is 1. The number of nitrogen functional groups attached to an aromatic ring is 1. The zero-order chi connectivity index (χ0) is 15.1. The van der Waals surface area contributed by atoms with E-state index < -0.39 is 0 Å². The molecule has 1 aliphatic rings. The molecule has 106 valence electrons. The molecule has 2 heterocycles. The highest BCUT2D eigenvalue weighted by molar-refractivity contribution is 6.21. The Hall–Kier alpha value is -2.96. The van der Waals surface area contributed by atoms with Crippen LogP contribution in [0.1, 0.15) is 26.3 Å². The summed E-state index contributed by atoms with van der Waals surface area (Å²) >= 11 is 0. The first-order valence-electron chi connectivity index (χ1n) is 6.30. The number of fused-ring (bicyclic) bond motifs is 1. The molecule has 2 amide bonds. The lowest BCUT2D eigenvalue weighted by Gasteiger charge is -2.09. The van der Waals surface area contributed by atoms with E-state index in [0.717, 1.165) is 10.5 Å². The number of rotatable bonds is 2. The number of anilines is 3. The summed E-state index contributed by atoms with van der Waals surface area (Å²) in [6, 6.07) is 4.99. The van der Waals surface area contributed by atoms with Gasteiger partial charge in [0.05, 0.1) is 11.1 Å². The fraction of sp³-hybridized carbons (Fsp3) is 0.143. The maximum Gasteiger partial charge on any atom is 0.261 e. The predicted molar refractivity (Wildman–Crippen MR) is 77.3 cm³/mol. The van der Waals surface area contributed by atoms with Crippen molar-refractivity contribution in [3.63, 3.8) is 0 Å². The smallest absolute Gasteiger partial charge is 0.261 e. The van der Waals surface area contributed by atoms with Gasteiger partial charge in [0.25, 0.3) is 11.8 Å². The number of imide groups is 1. The Kier molecular flexibility index (Phi) is 2.83. The van der Waals surface area contributed by atoms with E-state index in [1.165, 1.54) is 7.05 Å². The van der Waals surface area contributed by atoms with Crippen molar-refractivity contribution >= 4 is 29.3 Å². The van der Waals surface area contributed by atoms with Crippen LogP contribution in [-0.4, -0.2) is 33.7 Å². The number of nitrogens with zero attached hydrogens (tertiary/aromatic N) is 3. The summed E-state index contributed by atoms with van der Waals surface area (Å²) in [5.41, 5.74) is 7.84. The third-order valence-corrected chi connectivity index (χ3v) is 3.34. The van der Waals surface area contributed by atoms with Crippen LogP contribution in [0.3, 0.4) is 0 Å². The largest absolute Gasteiger partial charge is 0.368 e. The molecule has 1 aliphatic heterocycles. The molecule has 0 aliphatic carbocycles. The molecule has 1 aromatic carbocycles. The summed E-state index contributed by atoms with van der Waals surface area (Å²) in [7, 11) is 1.47. The van der Waals surface area contributed by atoms with Gasteiger partial charge in [-0.3, -0.25) is 14.5 Å². The summed E-state index contributed by atoms with van der Waals surface area (Å²) in [6.45, 7) is 1.84. The molecule has 0 bridgehead atoms. The number of amides is 2. The highest BCUT2D eigenvalue weighted by atomic mass is 16.2. The van der Waals surface area contributed by atoms with Gasteiger partial charge < -0.3 is 11.1 Å². The zero-order valence-corrected chi connectivity index (χ0v) is 11.5. The van der Waals surface area contributed by atoms with E-state index in [1.807, 2.05) is 6.92 Å². The Balaban J connectivity index is 1.97. The zero-order valence-electron chi connectivity index (χ0n) is 11.5. The molecule has 0 atom stereocenters. The monoisotopic (exact) mass is 283 g/mol. The van der Waals surface area contributed by atoms with E-state index in [1.54, 1.807) is 24.4 Å². The Labute approximate surface area is 120 Å². The van der Waals surface area contributed by atoms with E-state index in [2.05, 4.69) is 15.3 Å². The maximum atomic E-state index is 12.0. The normalized spacial score (nSPS) is 13.5. The van der Waals surface area contributed by atoms with Crippen molar-refractivity contribution in [1.29, 1.82) is 0 Å². The van der Waals surface area contributed by atoms with Gasteiger partial charge >= 0.3 is 0 Å². The fourth-order valence-corrected chi connectivity index (χ4v) is 2.16. The Bertz CT molecular complexity index is 772. The predicted octanol–water partition coefficient (Wildman–Crippen LogP) is 1.34. The van der Waals surface area contributed by atoms with Gasteiger partial charge in [-0.15, -0.1) is 0 Å². The second-order valence-corrected chi connectivity index (χ2v) is 4.81. The second-order valence-electron chi connectivity index (χ2n) is 4.81. The molecule has 0 spiro atoms. The molecule has 0 saturated carbocycles. The highest BCUT2D eigenvalue weighted by Crippen LogP contribution is 2.26. The molecular formula is C14H13N5O2. The summed E-state index contributed by atoms with van der Waals surface area (Å²) < 4.78 is 0. The molecule has 7 heteroatoms. The lowest BCUT2D eigenvalue weighted by Crippen LogP contribution is -2.24. The quantitative estimate of drug-likeness (QED) is 0.806. The van der Waals surface area contributed by atoms with Crippen molar-refractivity contribution in [1.82, 2.24) is 14.9 Å². The highest BCUT2D eigenvalue weighted by Gasteiger charge is 2.32. The number of hydrogen-bond acceptors (Lipinski definition) is 6. The third-order valence-electron chi connectivity index (χ3n) is 3.34. The van der Waals surface area contributed by atoms with E-state index in [9.17, 15) is 9.59 Å². The van der Waals surface area contributed by atoms with Gasteiger partial charge in [-0.25, -0.2) is 4.98 Å². The Morgan fingerprint density at radius 3 is 2.67 bits per heavy atom. The molecule has 2 aromatic rings. The van der Waals surface area contributed by atoms with Crippen LogP contribution in [0.25, 0.3) is 0 Å². The van der Waals surface area contributed by atoms with Crippen molar-refractivity contribution in [3.05, 3.63) is 41.1 Å². The average Bonchev–Trinajstić information content (AvgIpc) is 2.68. The Morgan fingerprint density at radius 1 is 1.19 bits per heavy atom. The van der Waals surface area contributed by atoms with Crippen molar-refractivity contribution in [2.45, 2.75) is 6.92 Å². The average molecular weight is 283 g/mol. The third kappa shape index (κ3) is 2.08. The van der Waals surface area contributed by atoms with Crippen molar-refractivity contribution in [3.8, 4) is 0 Å². The number of benzene rings is 1. The maximum absolute atomic E-state index is 12.0. The summed E-state index contributed by atoms with van der Waals surface area (Å²) in [4.78, 5) is 32.9. The number of carbonyl (C=O) groups excluding carboxylic acids is 2. The number of nitrogens with two attached hydrogens (primary N) is 1. The number of carbonyl (C=O) groups is 2. The fourth-order valence-electron chi connectivity index (χ4n) is 2.16. The van der Waals surface area contributed by atoms with Gasteiger partial charge in [-0.05, 0) is 25.1 Å². The minimum Gasteiger partial charge on any atom is -0.368 e. The van der Waals surface area contributed by atoms with Crippen LogP contribution in [0.15, 0.2) is 24.4 Å². The molecule has 1 aromatic heterocycles. The van der Waals surface area contributed by atoms with Crippen LogP contribution in [-0.2, 0) is 0 Å². The summed E-state index contributed by atoms with van der Waals surface area (Å²) in [5.74, 6) is 0.129. The van der Waals surface area contributed by atoms with E-state index in [0.29, 0.717) is 22.6 Å². The molecule has 21 heavy (non-hydrogen) atoms. The summed E-state index contributed by atoms with van der Waals surface area (Å²) in [5, 5.41) is 3.08. The Morgan fingerprint density at radius 2 is 1.90 bits per heavy atom. The minimum absolute atomic E-state index is 0.162. The van der Waals surface area contributed by atoms with E-state index in [4.69, 9.17) is 5.73 Å². The van der Waals surface area contributed by atoms with Crippen LogP contribution in [0, 0.1) is 6.92 Å². The number of aromatic nitrogens is 2. The number of hydrogen-bond donors (Lipinski definition) is 2. The molecule has 3 rings (SSSR count). The standard InChI is InChI=1S/C14H13N5O2/c1-7-6-16-14(15)18-11(7)17-8-3-4-9-10(5-8)13(21)19(2)12(9)20/h3-6H,1-2H3,(H3,15,16,17,18). The molecule has 0 unspecified atom stereocenters. The van der Waals surface area contributed by atoms with Crippen molar-refractivity contribution in [2.75, 3.05) is 18.1 Å². The molecule has 0 saturated heterocycles. The molecule has 3 N–H and O–H groups in total. The SMILES string of the molecule is Cc1cnc(N)nc1Nc1ccc2c(c1)C(=O)N(C)C2=O. The lowest BCUT2D eigenvalue weighted by atomic mass is 10.1. The van der Waals surface area contributed by atoms with E-state index >= 15 is 0 Å². The van der Waals surface area contributed by atoms with Gasteiger partial charge in [0, 0.05) is 24.5 Å².